The molecule has 2 aromatic heterocycles. The van der Waals surface area contributed by atoms with E-state index in [1.54, 1.807) is 0 Å². The largest absolute Gasteiger partial charge is 0.380 e. The number of halogens is 2. The van der Waals surface area contributed by atoms with Crippen molar-refractivity contribution in [3.63, 3.8) is 0 Å². The number of rotatable bonds is 10. The third-order valence-corrected chi connectivity index (χ3v) is 7.62. The molecule has 0 aliphatic carbocycles. The van der Waals surface area contributed by atoms with Crippen LogP contribution in [0.3, 0.4) is 0 Å². The summed E-state index contributed by atoms with van der Waals surface area (Å²) in [5, 5.41) is 13.7. The number of aromatic nitrogens is 4. The molecule has 3 aliphatic heterocycles. The Balaban J connectivity index is 1.20. The van der Waals surface area contributed by atoms with E-state index < -0.39 is 6.43 Å². The fourth-order valence-corrected chi connectivity index (χ4v) is 5.30. The first kappa shape index (κ1) is 24.8. The SMILES string of the molecule is Cc1nn(C2CC3CCC(C2)N3C)cc1Nc1ncc(C(F)F)c(NCCCNC(=O)C2COC2)n1. The Labute approximate surface area is 209 Å². The average molecular weight is 505 g/mol. The minimum Gasteiger partial charge on any atom is -0.380 e. The number of nitrogens with one attached hydrogen (secondary N) is 3. The lowest BCUT2D eigenvalue weighted by Gasteiger charge is -2.36. The molecule has 12 heteroatoms. The number of nitrogens with zero attached hydrogens (tertiary/aromatic N) is 5. The summed E-state index contributed by atoms with van der Waals surface area (Å²) in [5.41, 5.74) is 1.31. The molecule has 3 aliphatic rings. The molecule has 0 spiro atoms. The van der Waals surface area contributed by atoms with Crippen molar-refractivity contribution in [3.05, 3.63) is 23.7 Å². The fourth-order valence-electron chi connectivity index (χ4n) is 5.30. The van der Waals surface area contributed by atoms with E-state index in [-0.39, 0.29) is 29.2 Å². The number of amides is 1. The van der Waals surface area contributed by atoms with Gasteiger partial charge in [-0.1, -0.05) is 0 Å². The summed E-state index contributed by atoms with van der Waals surface area (Å²) in [5.74, 6) is 0.192. The maximum atomic E-state index is 13.5. The topological polar surface area (TPSA) is 109 Å². The molecule has 10 nitrogen and oxygen atoms in total. The number of aryl methyl sites for hydroxylation is 1. The number of anilines is 3. The van der Waals surface area contributed by atoms with Gasteiger partial charge in [-0.3, -0.25) is 9.48 Å². The highest BCUT2D eigenvalue weighted by Crippen LogP contribution is 2.40. The first-order valence-corrected chi connectivity index (χ1v) is 12.7. The van der Waals surface area contributed by atoms with E-state index in [1.807, 2.05) is 17.8 Å². The van der Waals surface area contributed by atoms with Crippen molar-refractivity contribution < 1.29 is 18.3 Å². The van der Waals surface area contributed by atoms with Crippen molar-refractivity contribution in [2.45, 2.75) is 63.6 Å². The highest BCUT2D eigenvalue weighted by atomic mass is 19.3. The predicted molar refractivity (Wildman–Crippen MR) is 131 cm³/mol. The van der Waals surface area contributed by atoms with E-state index in [9.17, 15) is 13.6 Å². The van der Waals surface area contributed by atoms with E-state index in [0.717, 1.165) is 30.4 Å². The van der Waals surface area contributed by atoms with Gasteiger partial charge in [-0.25, -0.2) is 13.8 Å². The quantitative estimate of drug-likeness (QED) is 0.424. The zero-order valence-electron chi connectivity index (χ0n) is 20.7. The second kappa shape index (κ2) is 10.6. The Morgan fingerprint density at radius 3 is 2.61 bits per heavy atom. The molecule has 2 aromatic rings. The number of hydrogen-bond acceptors (Lipinski definition) is 8. The first-order valence-electron chi connectivity index (χ1n) is 12.7. The number of ether oxygens (including phenoxy) is 1. The lowest BCUT2D eigenvalue weighted by Crippen LogP contribution is -2.42. The lowest BCUT2D eigenvalue weighted by atomic mass is 9.98. The molecule has 3 fully saturated rings. The summed E-state index contributed by atoms with van der Waals surface area (Å²) in [6.45, 7) is 3.65. The Morgan fingerprint density at radius 2 is 1.94 bits per heavy atom. The van der Waals surface area contributed by atoms with Gasteiger partial charge in [0, 0.05) is 37.6 Å². The molecule has 0 aromatic carbocycles. The molecule has 0 saturated carbocycles. The van der Waals surface area contributed by atoms with Crippen LogP contribution in [0.4, 0.5) is 26.2 Å². The van der Waals surface area contributed by atoms with Gasteiger partial charge in [0.25, 0.3) is 6.43 Å². The van der Waals surface area contributed by atoms with Crippen LogP contribution in [0.2, 0.25) is 0 Å². The van der Waals surface area contributed by atoms with Gasteiger partial charge in [0.15, 0.2) is 0 Å². The minimum absolute atomic E-state index is 0.0353. The van der Waals surface area contributed by atoms with Crippen molar-refractivity contribution in [3.8, 4) is 0 Å². The first-order chi connectivity index (χ1) is 17.4. The molecular weight excluding hydrogens is 470 g/mol. The number of alkyl halides is 2. The van der Waals surface area contributed by atoms with Gasteiger partial charge in [0.05, 0.1) is 42.1 Å². The zero-order valence-corrected chi connectivity index (χ0v) is 20.7. The van der Waals surface area contributed by atoms with E-state index >= 15 is 0 Å². The van der Waals surface area contributed by atoms with Gasteiger partial charge in [0.1, 0.15) is 5.82 Å². The number of fused-ring (bicyclic) bond motifs is 2. The standard InChI is InChI=1S/C24H34F2N8O2/c1-14-20(11-34(32-14)18-8-16-4-5-17(9-18)33(16)2)30-24-29-10-19(21(25)26)22(31-24)27-6-3-7-28-23(35)15-12-36-13-15/h10-11,15-18,21H,3-9,12-13H2,1-2H3,(H,28,35)(H2,27,29,30,31). The second-order valence-electron chi connectivity index (χ2n) is 10.0. The van der Waals surface area contributed by atoms with E-state index in [0.29, 0.717) is 50.8 Å². The number of piperidine rings is 1. The van der Waals surface area contributed by atoms with Gasteiger partial charge in [-0.15, -0.1) is 0 Å². The van der Waals surface area contributed by atoms with Gasteiger partial charge >= 0.3 is 0 Å². The zero-order chi connectivity index (χ0) is 25.2. The van der Waals surface area contributed by atoms with Crippen LogP contribution in [0.5, 0.6) is 0 Å². The highest BCUT2D eigenvalue weighted by Gasteiger charge is 2.39. The lowest BCUT2D eigenvalue weighted by molar-refractivity contribution is -0.138. The number of carbonyl (C=O) groups excluding carboxylic acids is 1. The highest BCUT2D eigenvalue weighted by molar-refractivity contribution is 5.79. The van der Waals surface area contributed by atoms with Crippen molar-refractivity contribution in [2.75, 3.05) is 44.0 Å². The Bertz CT molecular complexity index is 1060. The molecule has 2 unspecified atom stereocenters. The van der Waals surface area contributed by atoms with E-state index in [2.05, 4.69) is 37.9 Å². The molecular formula is C24H34F2N8O2. The van der Waals surface area contributed by atoms with Crippen LogP contribution in [0.15, 0.2) is 12.4 Å². The van der Waals surface area contributed by atoms with Crippen molar-refractivity contribution in [2.24, 2.45) is 5.92 Å². The third kappa shape index (κ3) is 5.29. The normalized spacial score (nSPS) is 24.1. The predicted octanol–water partition coefficient (Wildman–Crippen LogP) is 3.03. The fraction of sp³-hybridized carbons (Fsp3) is 0.667. The van der Waals surface area contributed by atoms with E-state index in [1.165, 1.54) is 12.8 Å². The molecule has 5 rings (SSSR count). The molecule has 5 heterocycles. The summed E-state index contributed by atoms with van der Waals surface area (Å²) in [6.07, 6.45) is 5.62. The molecule has 196 valence electrons. The Morgan fingerprint density at radius 1 is 1.19 bits per heavy atom. The van der Waals surface area contributed by atoms with Gasteiger partial charge < -0.3 is 25.6 Å². The van der Waals surface area contributed by atoms with Crippen molar-refractivity contribution in [1.82, 2.24) is 30.0 Å². The van der Waals surface area contributed by atoms with Gasteiger partial charge in [0.2, 0.25) is 11.9 Å². The molecule has 3 saturated heterocycles. The van der Waals surface area contributed by atoms with Crippen LogP contribution < -0.4 is 16.0 Å². The Kier molecular flexibility index (Phi) is 7.33. The van der Waals surface area contributed by atoms with Crippen LogP contribution in [-0.4, -0.2) is 76.0 Å². The van der Waals surface area contributed by atoms with Crippen molar-refractivity contribution in [1.29, 1.82) is 0 Å². The average Bonchev–Trinajstić information content (AvgIpc) is 3.24. The van der Waals surface area contributed by atoms with E-state index in [4.69, 9.17) is 9.84 Å². The molecule has 1 amide bonds. The molecule has 0 radical (unpaired) electrons. The van der Waals surface area contributed by atoms with Crippen LogP contribution in [0.25, 0.3) is 0 Å². The molecule has 36 heavy (non-hydrogen) atoms. The summed E-state index contributed by atoms with van der Waals surface area (Å²) in [4.78, 5) is 22.8. The third-order valence-electron chi connectivity index (χ3n) is 7.62. The van der Waals surface area contributed by atoms with Gasteiger partial charge in [-0.2, -0.15) is 10.1 Å². The summed E-state index contributed by atoms with van der Waals surface area (Å²) < 4.78 is 34.1. The summed E-state index contributed by atoms with van der Waals surface area (Å²) in [7, 11) is 2.21. The maximum Gasteiger partial charge on any atom is 0.268 e. The maximum absolute atomic E-state index is 13.5. The van der Waals surface area contributed by atoms with Crippen LogP contribution in [-0.2, 0) is 9.53 Å². The second-order valence-corrected chi connectivity index (χ2v) is 10.0. The smallest absolute Gasteiger partial charge is 0.268 e. The number of hydrogen-bond donors (Lipinski definition) is 3. The van der Waals surface area contributed by atoms with Crippen LogP contribution in [0, 0.1) is 12.8 Å². The minimum atomic E-state index is -2.70. The number of carbonyl (C=O) groups is 1. The molecule has 2 atom stereocenters. The Hall–Kier alpha value is -2.86. The summed E-state index contributed by atoms with van der Waals surface area (Å²) in [6, 6.07) is 1.56. The molecule has 3 N–H and O–H groups in total. The van der Waals surface area contributed by atoms with Crippen LogP contribution >= 0.6 is 0 Å². The van der Waals surface area contributed by atoms with Crippen molar-refractivity contribution >= 4 is 23.4 Å². The molecule has 2 bridgehead atoms. The van der Waals surface area contributed by atoms with Gasteiger partial charge in [-0.05, 0) is 46.1 Å². The summed E-state index contributed by atoms with van der Waals surface area (Å²) >= 11 is 0. The monoisotopic (exact) mass is 504 g/mol. The van der Waals surface area contributed by atoms with Crippen LogP contribution in [0.1, 0.15) is 55.8 Å².